The van der Waals surface area contributed by atoms with Crippen LogP contribution in [0.1, 0.15) is 18.4 Å². The van der Waals surface area contributed by atoms with E-state index in [1.165, 1.54) is 25.9 Å². The summed E-state index contributed by atoms with van der Waals surface area (Å²) < 4.78 is 5.55. The van der Waals surface area contributed by atoms with Gasteiger partial charge >= 0.3 is 0 Å². The highest BCUT2D eigenvalue weighted by Crippen LogP contribution is 2.12. The molecule has 0 radical (unpaired) electrons. The molecule has 0 aromatic heterocycles. The summed E-state index contributed by atoms with van der Waals surface area (Å²) in [5.41, 5.74) is 0.606. The number of aliphatic hydroxyl groups excluding tert-OH is 1. The van der Waals surface area contributed by atoms with Gasteiger partial charge in [0.25, 0.3) is 0 Å². The topological polar surface area (TPSA) is 59.7 Å². The molecule has 1 aliphatic rings. The largest absolute Gasteiger partial charge is 0.491 e. The van der Waals surface area contributed by atoms with E-state index in [4.69, 9.17) is 10.00 Å². The third-order valence-corrected chi connectivity index (χ3v) is 3.94. The van der Waals surface area contributed by atoms with Crippen LogP contribution in [0.25, 0.3) is 0 Å². The maximum Gasteiger partial charge on any atom is 0.119 e. The molecule has 22 heavy (non-hydrogen) atoms. The number of ether oxygens (including phenoxy) is 1. The fourth-order valence-corrected chi connectivity index (χ4v) is 2.64. The number of nitriles is 1. The minimum absolute atomic E-state index is 0.264. The third-order valence-electron chi connectivity index (χ3n) is 3.94. The summed E-state index contributed by atoms with van der Waals surface area (Å²) in [6.07, 6.45) is 2.11. The van der Waals surface area contributed by atoms with Gasteiger partial charge in [0.2, 0.25) is 0 Å². The molecule has 1 atom stereocenters. The molecule has 0 bridgehead atoms. The van der Waals surface area contributed by atoms with Crippen LogP contribution < -0.4 is 4.74 Å². The quantitative estimate of drug-likeness (QED) is 0.785. The second-order valence-corrected chi connectivity index (χ2v) is 5.91. The van der Waals surface area contributed by atoms with Gasteiger partial charge in [-0.1, -0.05) is 0 Å². The monoisotopic (exact) mass is 303 g/mol. The van der Waals surface area contributed by atoms with Crippen molar-refractivity contribution in [1.29, 1.82) is 5.26 Å². The van der Waals surface area contributed by atoms with Crippen molar-refractivity contribution in [3.63, 3.8) is 0 Å². The number of hydrogen-bond donors (Lipinski definition) is 1. The SMILES string of the molecule is CN(CCN1CCCC1)CC(O)COc1ccc(C#N)cc1. The summed E-state index contributed by atoms with van der Waals surface area (Å²) in [4.78, 5) is 4.61. The third kappa shape index (κ3) is 5.64. The van der Waals surface area contributed by atoms with Crippen LogP contribution in [0.3, 0.4) is 0 Å². The van der Waals surface area contributed by atoms with Gasteiger partial charge in [0.05, 0.1) is 11.6 Å². The molecule has 0 saturated carbocycles. The van der Waals surface area contributed by atoms with Gasteiger partial charge in [0, 0.05) is 19.6 Å². The molecule has 5 nitrogen and oxygen atoms in total. The molecule has 120 valence electrons. The van der Waals surface area contributed by atoms with Gasteiger partial charge in [-0.15, -0.1) is 0 Å². The highest BCUT2D eigenvalue weighted by atomic mass is 16.5. The second-order valence-electron chi connectivity index (χ2n) is 5.91. The Hall–Kier alpha value is -1.61. The second kappa shape index (κ2) is 8.74. The maximum atomic E-state index is 10.0. The van der Waals surface area contributed by atoms with Gasteiger partial charge in [-0.2, -0.15) is 5.26 Å². The molecule has 0 amide bonds. The Labute approximate surface area is 132 Å². The molecule has 5 heteroatoms. The molecule has 1 heterocycles. The minimum Gasteiger partial charge on any atom is -0.491 e. The van der Waals surface area contributed by atoms with E-state index in [1.807, 2.05) is 7.05 Å². The molecule has 1 aromatic rings. The zero-order valence-electron chi connectivity index (χ0n) is 13.2. The number of likely N-dealkylation sites (tertiary alicyclic amines) is 1. The van der Waals surface area contributed by atoms with Crippen molar-refractivity contribution in [2.75, 3.05) is 46.4 Å². The van der Waals surface area contributed by atoms with E-state index < -0.39 is 6.10 Å². The fraction of sp³-hybridized carbons (Fsp3) is 0.588. The van der Waals surface area contributed by atoms with Gasteiger partial charge in [0.1, 0.15) is 18.5 Å². The first kappa shape index (κ1) is 16.8. The van der Waals surface area contributed by atoms with E-state index in [9.17, 15) is 5.11 Å². The Morgan fingerprint density at radius 2 is 2.00 bits per heavy atom. The molecule has 1 saturated heterocycles. The van der Waals surface area contributed by atoms with E-state index in [0.29, 0.717) is 17.9 Å². The first-order valence-corrected chi connectivity index (χ1v) is 7.89. The predicted molar refractivity (Wildman–Crippen MR) is 85.8 cm³/mol. The van der Waals surface area contributed by atoms with Crippen LogP contribution in [0.2, 0.25) is 0 Å². The molecular formula is C17H25N3O2. The number of hydrogen-bond acceptors (Lipinski definition) is 5. The summed E-state index contributed by atoms with van der Waals surface area (Å²) in [5.74, 6) is 0.678. The predicted octanol–water partition coefficient (Wildman–Crippen LogP) is 1.33. The Balaban J connectivity index is 1.63. The van der Waals surface area contributed by atoms with Crippen LogP contribution in [0, 0.1) is 11.3 Å². The van der Waals surface area contributed by atoms with E-state index in [1.54, 1.807) is 24.3 Å². The van der Waals surface area contributed by atoms with Crippen LogP contribution in [0.5, 0.6) is 5.75 Å². The van der Waals surface area contributed by atoms with E-state index >= 15 is 0 Å². The molecule has 0 aliphatic carbocycles. The van der Waals surface area contributed by atoms with Gasteiger partial charge in [-0.25, -0.2) is 0 Å². The Morgan fingerprint density at radius 3 is 2.64 bits per heavy atom. The first-order valence-electron chi connectivity index (χ1n) is 7.89. The smallest absolute Gasteiger partial charge is 0.119 e. The van der Waals surface area contributed by atoms with Gasteiger partial charge in [-0.3, -0.25) is 0 Å². The molecule has 2 rings (SSSR count). The van der Waals surface area contributed by atoms with Crippen molar-refractivity contribution in [3.8, 4) is 11.8 Å². The highest BCUT2D eigenvalue weighted by molar-refractivity contribution is 5.34. The van der Waals surface area contributed by atoms with Crippen molar-refractivity contribution < 1.29 is 9.84 Å². The van der Waals surface area contributed by atoms with Crippen LogP contribution >= 0.6 is 0 Å². The van der Waals surface area contributed by atoms with Crippen molar-refractivity contribution in [1.82, 2.24) is 9.80 Å². The fourth-order valence-electron chi connectivity index (χ4n) is 2.64. The van der Waals surface area contributed by atoms with Gasteiger partial charge in [-0.05, 0) is 57.2 Å². The molecule has 1 unspecified atom stereocenters. The average Bonchev–Trinajstić information content (AvgIpc) is 3.05. The van der Waals surface area contributed by atoms with Crippen molar-refractivity contribution in [2.24, 2.45) is 0 Å². The molecule has 1 fully saturated rings. The Morgan fingerprint density at radius 1 is 1.32 bits per heavy atom. The summed E-state index contributed by atoms with van der Waals surface area (Å²) >= 11 is 0. The molecular weight excluding hydrogens is 278 g/mol. The lowest BCUT2D eigenvalue weighted by Gasteiger charge is -2.23. The molecule has 0 spiro atoms. The van der Waals surface area contributed by atoms with Crippen LogP contribution in [-0.2, 0) is 0 Å². The van der Waals surface area contributed by atoms with Crippen LogP contribution in [-0.4, -0.2) is 67.4 Å². The van der Waals surface area contributed by atoms with Crippen LogP contribution in [0.4, 0.5) is 0 Å². The highest BCUT2D eigenvalue weighted by Gasteiger charge is 2.13. The van der Waals surface area contributed by atoms with Crippen molar-refractivity contribution in [3.05, 3.63) is 29.8 Å². The van der Waals surface area contributed by atoms with E-state index in [0.717, 1.165) is 13.1 Å². The standard InChI is InChI=1S/C17H25N3O2/c1-19(10-11-20-8-2-3-9-20)13-16(21)14-22-17-6-4-15(12-18)5-7-17/h4-7,16,21H,2-3,8-11,13-14H2,1H3. The lowest BCUT2D eigenvalue weighted by atomic mass is 10.2. The molecule has 1 aromatic carbocycles. The van der Waals surface area contributed by atoms with Gasteiger partial charge < -0.3 is 19.6 Å². The van der Waals surface area contributed by atoms with Crippen molar-refractivity contribution >= 4 is 0 Å². The zero-order valence-corrected chi connectivity index (χ0v) is 13.2. The number of nitrogens with zero attached hydrogens (tertiary/aromatic N) is 3. The van der Waals surface area contributed by atoms with Crippen molar-refractivity contribution in [2.45, 2.75) is 18.9 Å². The Bertz CT molecular complexity index is 478. The number of aliphatic hydroxyl groups is 1. The minimum atomic E-state index is -0.515. The molecule has 1 N–H and O–H groups in total. The first-order chi connectivity index (χ1) is 10.7. The molecule has 1 aliphatic heterocycles. The summed E-state index contributed by atoms with van der Waals surface area (Å²) in [6.45, 7) is 5.31. The lowest BCUT2D eigenvalue weighted by Crippen LogP contribution is -2.37. The summed E-state index contributed by atoms with van der Waals surface area (Å²) in [5, 5.41) is 18.8. The lowest BCUT2D eigenvalue weighted by molar-refractivity contribution is 0.0738. The average molecular weight is 303 g/mol. The number of rotatable bonds is 8. The number of benzene rings is 1. The van der Waals surface area contributed by atoms with E-state index in [2.05, 4.69) is 15.9 Å². The van der Waals surface area contributed by atoms with Gasteiger partial charge in [0.15, 0.2) is 0 Å². The maximum absolute atomic E-state index is 10.0. The summed E-state index contributed by atoms with van der Waals surface area (Å²) in [6, 6.07) is 9.00. The van der Waals surface area contributed by atoms with Crippen LogP contribution in [0.15, 0.2) is 24.3 Å². The van der Waals surface area contributed by atoms with E-state index in [-0.39, 0.29) is 6.61 Å². The Kier molecular flexibility index (Phi) is 6.66. The summed E-state index contributed by atoms with van der Waals surface area (Å²) in [7, 11) is 2.03. The zero-order chi connectivity index (χ0) is 15.8. The normalized spacial score (nSPS) is 16.6. The number of likely N-dealkylation sites (N-methyl/N-ethyl adjacent to an activating group) is 1.